The van der Waals surface area contributed by atoms with Crippen molar-refractivity contribution in [2.75, 3.05) is 11.6 Å². The largest absolute Gasteiger partial charge is 0.272 e. The molecule has 120 valence electrons. The number of aromatic nitrogens is 1. The number of nitrogens with one attached hydrogen (secondary N) is 1. The number of fused-ring (bicyclic) bond motifs is 2. The van der Waals surface area contributed by atoms with Gasteiger partial charge in [-0.25, -0.2) is 9.37 Å². The van der Waals surface area contributed by atoms with E-state index in [2.05, 4.69) is 28.6 Å². The number of hydrazine groups is 1. The molecule has 0 bridgehead atoms. The van der Waals surface area contributed by atoms with Gasteiger partial charge >= 0.3 is 0 Å². The number of hydrogen-bond acceptors (Lipinski definition) is 3. The van der Waals surface area contributed by atoms with Gasteiger partial charge in [0.05, 0.1) is 11.1 Å². The number of carbonyl (C=O) groups is 1. The third-order valence-electron chi connectivity index (χ3n) is 4.24. The van der Waals surface area contributed by atoms with Crippen molar-refractivity contribution in [1.29, 1.82) is 0 Å². The van der Waals surface area contributed by atoms with Crippen LogP contribution < -0.4 is 10.4 Å². The molecule has 1 aliphatic heterocycles. The van der Waals surface area contributed by atoms with Gasteiger partial charge in [-0.05, 0) is 48.7 Å². The Labute approximate surface area is 138 Å². The van der Waals surface area contributed by atoms with Gasteiger partial charge in [0.25, 0.3) is 5.91 Å². The Bertz CT molecular complexity index is 954. The second-order valence-electron chi connectivity index (χ2n) is 5.99. The first-order valence-corrected chi connectivity index (χ1v) is 7.85. The molecule has 0 fully saturated rings. The van der Waals surface area contributed by atoms with E-state index < -0.39 is 11.7 Å². The molecule has 1 aliphatic rings. The molecule has 0 unspecified atom stereocenters. The van der Waals surface area contributed by atoms with Crippen LogP contribution in [0.15, 0.2) is 48.5 Å². The second kappa shape index (κ2) is 5.60. The molecule has 0 saturated carbocycles. The van der Waals surface area contributed by atoms with Crippen molar-refractivity contribution in [2.45, 2.75) is 13.3 Å². The molecule has 0 spiro atoms. The number of aryl methyl sites for hydroxylation is 1. The van der Waals surface area contributed by atoms with Crippen LogP contribution in [0.1, 0.15) is 21.5 Å². The van der Waals surface area contributed by atoms with E-state index in [1.165, 1.54) is 12.1 Å². The molecule has 4 nitrogen and oxygen atoms in total. The number of carbonyl (C=O) groups excluding carboxylic acids is 1. The van der Waals surface area contributed by atoms with Gasteiger partial charge in [-0.2, -0.15) is 0 Å². The van der Waals surface area contributed by atoms with Gasteiger partial charge in [0.15, 0.2) is 5.82 Å². The Hall–Kier alpha value is -2.95. The molecule has 1 amide bonds. The zero-order valence-corrected chi connectivity index (χ0v) is 13.2. The molecule has 0 saturated heterocycles. The Morgan fingerprint density at radius 1 is 1.21 bits per heavy atom. The summed E-state index contributed by atoms with van der Waals surface area (Å²) in [7, 11) is 0. The summed E-state index contributed by atoms with van der Waals surface area (Å²) < 4.78 is 13.8. The van der Waals surface area contributed by atoms with Crippen LogP contribution in [0, 0.1) is 12.7 Å². The number of nitrogens with zero attached hydrogens (tertiary/aromatic N) is 2. The van der Waals surface area contributed by atoms with Crippen molar-refractivity contribution in [2.24, 2.45) is 0 Å². The van der Waals surface area contributed by atoms with E-state index in [4.69, 9.17) is 0 Å². The van der Waals surface area contributed by atoms with E-state index in [1.54, 1.807) is 17.1 Å². The summed E-state index contributed by atoms with van der Waals surface area (Å²) >= 11 is 0. The summed E-state index contributed by atoms with van der Waals surface area (Å²) in [5.41, 5.74) is 5.90. The van der Waals surface area contributed by atoms with Crippen LogP contribution in [0.2, 0.25) is 0 Å². The van der Waals surface area contributed by atoms with Gasteiger partial charge in [-0.1, -0.05) is 24.3 Å². The average molecular weight is 321 g/mol. The molecule has 1 N–H and O–H groups in total. The zero-order valence-electron chi connectivity index (χ0n) is 13.2. The zero-order chi connectivity index (χ0) is 16.7. The minimum atomic E-state index is -0.531. The third kappa shape index (κ3) is 2.48. The highest BCUT2D eigenvalue weighted by atomic mass is 19.1. The average Bonchev–Trinajstić information content (AvgIpc) is 2.95. The van der Waals surface area contributed by atoms with E-state index in [9.17, 15) is 9.18 Å². The van der Waals surface area contributed by atoms with Gasteiger partial charge in [0, 0.05) is 11.9 Å². The van der Waals surface area contributed by atoms with Crippen molar-refractivity contribution >= 4 is 22.6 Å². The van der Waals surface area contributed by atoms with Gasteiger partial charge in [0.1, 0.15) is 5.82 Å². The molecule has 0 atom stereocenters. The predicted molar refractivity (Wildman–Crippen MR) is 91.4 cm³/mol. The fourth-order valence-electron chi connectivity index (χ4n) is 3.00. The lowest BCUT2D eigenvalue weighted by Gasteiger charge is -2.19. The number of halogens is 1. The summed E-state index contributed by atoms with van der Waals surface area (Å²) in [4.78, 5) is 17.0. The molecule has 1 aromatic heterocycles. The molecule has 24 heavy (non-hydrogen) atoms. The summed E-state index contributed by atoms with van der Waals surface area (Å²) in [6.45, 7) is 2.64. The summed E-state index contributed by atoms with van der Waals surface area (Å²) in [6, 6.07) is 14.2. The van der Waals surface area contributed by atoms with Crippen LogP contribution in [-0.4, -0.2) is 17.4 Å². The van der Waals surface area contributed by atoms with Crippen molar-refractivity contribution in [3.05, 3.63) is 71.0 Å². The number of hydrogen-bond donors (Lipinski definition) is 1. The predicted octanol–water partition coefficient (Wildman–Crippen LogP) is 3.39. The maximum atomic E-state index is 13.8. The molecule has 4 rings (SSSR count). The van der Waals surface area contributed by atoms with Crippen molar-refractivity contribution in [3.63, 3.8) is 0 Å². The van der Waals surface area contributed by atoms with Crippen LogP contribution in [0.5, 0.6) is 0 Å². The van der Waals surface area contributed by atoms with Crippen molar-refractivity contribution in [1.82, 2.24) is 10.4 Å². The van der Waals surface area contributed by atoms with E-state index >= 15 is 0 Å². The van der Waals surface area contributed by atoms with Gasteiger partial charge in [0.2, 0.25) is 0 Å². The van der Waals surface area contributed by atoms with Crippen molar-refractivity contribution < 1.29 is 9.18 Å². The van der Waals surface area contributed by atoms with Crippen LogP contribution in [0.3, 0.4) is 0 Å². The maximum absolute atomic E-state index is 13.8. The Balaban J connectivity index is 1.66. The summed E-state index contributed by atoms with van der Waals surface area (Å²) in [6.07, 6.45) is 0.795. The van der Waals surface area contributed by atoms with Gasteiger partial charge in [-0.3, -0.25) is 15.2 Å². The van der Waals surface area contributed by atoms with Crippen LogP contribution in [0.25, 0.3) is 10.9 Å². The summed E-state index contributed by atoms with van der Waals surface area (Å²) in [5.74, 6) is -0.263. The topological polar surface area (TPSA) is 45.2 Å². The molecule has 0 aliphatic carbocycles. The first-order chi connectivity index (χ1) is 11.6. The Morgan fingerprint density at radius 3 is 2.88 bits per heavy atom. The first-order valence-electron chi connectivity index (χ1n) is 7.85. The number of amides is 1. The normalized spacial score (nSPS) is 13.2. The van der Waals surface area contributed by atoms with Gasteiger partial charge < -0.3 is 0 Å². The summed E-state index contributed by atoms with van der Waals surface area (Å²) in [5, 5.41) is 2.79. The standard InChI is InChI=1S/C19H16FN3O/c1-12-6-7-13-11-14-8-9-23(18(14)21-17(13)10-12)22-19(24)15-4-2-3-5-16(15)20/h2-7,10-11H,8-9H2,1H3,(H,22,24). The highest BCUT2D eigenvalue weighted by Gasteiger charge is 2.24. The molecule has 2 aromatic carbocycles. The number of rotatable bonds is 2. The molecule has 2 heterocycles. The lowest BCUT2D eigenvalue weighted by molar-refractivity contribution is 0.0945. The van der Waals surface area contributed by atoms with E-state index in [1.807, 2.05) is 13.0 Å². The van der Waals surface area contributed by atoms with Crippen LogP contribution >= 0.6 is 0 Å². The Morgan fingerprint density at radius 2 is 2.04 bits per heavy atom. The molecule has 5 heteroatoms. The third-order valence-corrected chi connectivity index (χ3v) is 4.24. The highest BCUT2D eigenvalue weighted by molar-refractivity contribution is 5.95. The minimum Gasteiger partial charge on any atom is -0.267 e. The maximum Gasteiger partial charge on any atom is 0.272 e. The van der Waals surface area contributed by atoms with E-state index in [-0.39, 0.29) is 5.56 Å². The van der Waals surface area contributed by atoms with Crippen molar-refractivity contribution in [3.8, 4) is 0 Å². The molecular weight excluding hydrogens is 305 g/mol. The minimum absolute atomic E-state index is 0.0302. The monoisotopic (exact) mass is 321 g/mol. The quantitative estimate of drug-likeness (QED) is 0.787. The molecule has 0 radical (unpaired) electrons. The fraction of sp³-hybridized carbons (Fsp3) is 0.158. The smallest absolute Gasteiger partial charge is 0.267 e. The highest BCUT2D eigenvalue weighted by Crippen LogP contribution is 2.28. The second-order valence-corrected chi connectivity index (χ2v) is 5.99. The fourth-order valence-corrected chi connectivity index (χ4v) is 3.00. The van der Waals surface area contributed by atoms with E-state index in [0.29, 0.717) is 6.54 Å². The number of pyridine rings is 1. The Kier molecular flexibility index (Phi) is 3.41. The SMILES string of the molecule is Cc1ccc2cc3c(nc2c1)N(NC(=O)c1ccccc1F)CC3. The first kappa shape index (κ1) is 14.6. The molecular formula is C19H16FN3O. The lowest BCUT2D eigenvalue weighted by atomic mass is 10.1. The van der Waals surface area contributed by atoms with E-state index in [0.717, 1.165) is 34.3 Å². The number of benzene rings is 2. The number of anilines is 1. The van der Waals surface area contributed by atoms with Crippen LogP contribution in [-0.2, 0) is 6.42 Å². The van der Waals surface area contributed by atoms with Crippen LogP contribution in [0.4, 0.5) is 10.2 Å². The molecule has 3 aromatic rings. The van der Waals surface area contributed by atoms with Gasteiger partial charge in [-0.15, -0.1) is 0 Å². The lowest BCUT2D eigenvalue weighted by Crippen LogP contribution is -2.41.